The minimum Gasteiger partial charge on any atom is -0.319 e. The Hall–Kier alpha value is -1.90. The lowest BCUT2D eigenvalue weighted by atomic mass is 9.92. The normalized spacial score (nSPS) is 19.7. The largest absolute Gasteiger partial charge is 0.319 e. The topological polar surface area (TPSA) is 15.3 Å². The summed E-state index contributed by atoms with van der Waals surface area (Å²) in [4.78, 5) is 2.40. The van der Waals surface area contributed by atoms with Gasteiger partial charge < -0.3 is 10.2 Å². The van der Waals surface area contributed by atoms with E-state index >= 15 is 0 Å². The van der Waals surface area contributed by atoms with E-state index < -0.39 is 0 Å². The van der Waals surface area contributed by atoms with Crippen molar-refractivity contribution in [3.8, 4) is 0 Å². The van der Waals surface area contributed by atoms with E-state index in [4.69, 9.17) is 0 Å². The molecule has 4 rings (SSSR count). The molecule has 2 aliphatic carbocycles. The summed E-state index contributed by atoms with van der Waals surface area (Å²) in [6, 6.07) is 7.86. The van der Waals surface area contributed by atoms with Crippen LogP contribution in [0.3, 0.4) is 0 Å². The average molecular weight is 535 g/mol. The standard InChI is InChI=1S/C16H24.C13H19N.C6H13N.C2H6/c1-4-5-6-7-8-9-15(3)16-12-10-14(2)11-13-16;1-10-7-12-4-3-11(5-6-14-2)9-13(12)8-10;1-6-4-3-5-7(6)2;1-2/h4,10,12H,1,3,5-9,11,13H2,2H3;3-4,9-10,14H,5-8H2,1-2H3;6H,3-5H2,1-2H3;1-2H3. The average Bonchev–Trinajstić information content (AvgIpc) is 3.51. The number of hydrogen-bond acceptors (Lipinski definition) is 2. The summed E-state index contributed by atoms with van der Waals surface area (Å²) in [5, 5.41) is 3.19. The van der Waals surface area contributed by atoms with Crippen LogP contribution in [0.4, 0.5) is 0 Å². The molecule has 1 fully saturated rings. The highest BCUT2D eigenvalue weighted by atomic mass is 15.1. The molecular formula is C37H62N2. The first-order chi connectivity index (χ1) is 18.8. The number of nitrogens with zero attached hydrogens (tertiary/aromatic N) is 1. The van der Waals surface area contributed by atoms with Crippen molar-refractivity contribution in [2.24, 2.45) is 5.92 Å². The van der Waals surface area contributed by atoms with Crippen LogP contribution in [0.15, 0.2) is 66.3 Å². The Morgan fingerprint density at radius 2 is 1.79 bits per heavy atom. The van der Waals surface area contributed by atoms with Crippen LogP contribution in [0.1, 0.15) is 109 Å². The molecule has 2 atom stereocenters. The van der Waals surface area contributed by atoms with Crippen LogP contribution in [0, 0.1) is 5.92 Å². The Labute approximate surface area is 243 Å². The maximum atomic E-state index is 4.20. The third-order valence-corrected chi connectivity index (χ3v) is 8.15. The van der Waals surface area contributed by atoms with Gasteiger partial charge in [0.05, 0.1) is 0 Å². The van der Waals surface area contributed by atoms with Gasteiger partial charge in [-0.3, -0.25) is 0 Å². The Morgan fingerprint density at radius 3 is 2.36 bits per heavy atom. The third-order valence-electron chi connectivity index (χ3n) is 8.15. The number of likely N-dealkylation sites (tertiary alicyclic amines) is 1. The fourth-order valence-electron chi connectivity index (χ4n) is 5.39. The smallest absolute Gasteiger partial charge is 0.00643 e. The van der Waals surface area contributed by atoms with E-state index in [0.29, 0.717) is 0 Å². The maximum Gasteiger partial charge on any atom is 0.00643 e. The fraction of sp³-hybridized carbons (Fsp3) is 0.622. The van der Waals surface area contributed by atoms with Gasteiger partial charge in [0.15, 0.2) is 0 Å². The molecule has 1 aliphatic heterocycles. The van der Waals surface area contributed by atoms with Crippen LogP contribution >= 0.6 is 0 Å². The monoisotopic (exact) mass is 534 g/mol. The first kappa shape index (κ1) is 35.1. The van der Waals surface area contributed by atoms with Crippen LogP contribution in [-0.4, -0.2) is 38.1 Å². The SMILES string of the molecule is C=CCCCCCC(=C)C1=CC=C(C)CC1.CC.CC1CCCN1C.CNCCc1ccc2c(c1)CC(C)C2. The molecule has 1 N–H and O–H groups in total. The van der Waals surface area contributed by atoms with Crippen molar-refractivity contribution >= 4 is 0 Å². The van der Waals surface area contributed by atoms with Gasteiger partial charge in [-0.1, -0.05) is 81.3 Å². The van der Waals surface area contributed by atoms with Crippen LogP contribution in [-0.2, 0) is 19.3 Å². The summed E-state index contributed by atoms with van der Waals surface area (Å²) in [7, 11) is 4.20. The predicted octanol–water partition coefficient (Wildman–Crippen LogP) is 9.66. The molecule has 39 heavy (non-hydrogen) atoms. The highest BCUT2D eigenvalue weighted by Gasteiger charge is 2.17. The van der Waals surface area contributed by atoms with Crippen molar-refractivity contribution in [2.75, 3.05) is 27.2 Å². The molecule has 0 amide bonds. The zero-order chi connectivity index (χ0) is 29.0. The highest BCUT2D eigenvalue weighted by Crippen LogP contribution is 2.27. The second-order valence-corrected chi connectivity index (χ2v) is 11.6. The Kier molecular flexibility index (Phi) is 18.8. The van der Waals surface area contributed by atoms with E-state index in [1.807, 2.05) is 27.0 Å². The number of rotatable bonds is 10. The van der Waals surface area contributed by atoms with Gasteiger partial charge in [-0.15, -0.1) is 6.58 Å². The Bertz CT molecular complexity index is 883. The summed E-state index contributed by atoms with van der Waals surface area (Å²) >= 11 is 0. The first-order valence-electron chi connectivity index (χ1n) is 15.9. The van der Waals surface area contributed by atoms with Crippen LogP contribution in [0.5, 0.6) is 0 Å². The van der Waals surface area contributed by atoms with Crippen LogP contribution in [0.2, 0.25) is 0 Å². The number of hydrogen-bond donors (Lipinski definition) is 1. The molecule has 2 heteroatoms. The predicted molar refractivity (Wildman–Crippen MR) is 177 cm³/mol. The quantitative estimate of drug-likeness (QED) is 0.237. The fourth-order valence-corrected chi connectivity index (χ4v) is 5.39. The molecule has 2 unspecified atom stereocenters. The number of likely N-dealkylation sites (N-methyl/N-ethyl adjacent to an activating group) is 1. The van der Waals surface area contributed by atoms with Gasteiger partial charge in [-0.25, -0.2) is 0 Å². The van der Waals surface area contributed by atoms with Gasteiger partial charge in [0.25, 0.3) is 0 Å². The highest BCUT2D eigenvalue weighted by molar-refractivity contribution is 5.37. The second-order valence-electron chi connectivity index (χ2n) is 11.6. The number of fused-ring (bicyclic) bond motifs is 1. The Morgan fingerprint density at radius 1 is 1.05 bits per heavy atom. The number of nitrogens with one attached hydrogen (secondary N) is 1. The summed E-state index contributed by atoms with van der Waals surface area (Å²) in [6.45, 7) is 21.2. The maximum absolute atomic E-state index is 4.20. The van der Waals surface area contributed by atoms with Crippen LogP contribution in [0.25, 0.3) is 0 Å². The zero-order valence-corrected chi connectivity index (χ0v) is 26.9. The molecular weight excluding hydrogens is 472 g/mol. The van der Waals surface area contributed by atoms with Gasteiger partial charge in [0, 0.05) is 6.04 Å². The summed E-state index contributed by atoms with van der Waals surface area (Å²) in [5.41, 5.74) is 8.95. The molecule has 220 valence electrons. The van der Waals surface area contributed by atoms with Crippen LogP contribution < -0.4 is 5.32 Å². The minimum atomic E-state index is 0.847. The lowest BCUT2D eigenvalue weighted by molar-refractivity contribution is 0.331. The van der Waals surface area contributed by atoms with E-state index in [0.717, 1.165) is 37.8 Å². The molecule has 3 aliphatic rings. The first-order valence-corrected chi connectivity index (χ1v) is 15.9. The summed E-state index contributed by atoms with van der Waals surface area (Å²) in [5.74, 6) is 0.851. The van der Waals surface area contributed by atoms with E-state index in [2.05, 4.69) is 81.5 Å². The van der Waals surface area contributed by atoms with Crippen molar-refractivity contribution in [1.29, 1.82) is 0 Å². The lowest BCUT2D eigenvalue weighted by Gasteiger charge is -2.14. The van der Waals surface area contributed by atoms with Crippen molar-refractivity contribution in [3.05, 3.63) is 83.0 Å². The van der Waals surface area contributed by atoms with E-state index in [1.165, 1.54) is 86.6 Å². The molecule has 0 saturated carbocycles. The van der Waals surface area contributed by atoms with E-state index in [-0.39, 0.29) is 0 Å². The van der Waals surface area contributed by atoms with Crippen molar-refractivity contribution in [1.82, 2.24) is 10.2 Å². The van der Waals surface area contributed by atoms with Gasteiger partial charge in [0.1, 0.15) is 0 Å². The molecule has 2 nitrogen and oxygen atoms in total. The number of benzene rings is 1. The van der Waals surface area contributed by atoms with E-state index in [1.54, 1.807) is 11.1 Å². The van der Waals surface area contributed by atoms with Crippen molar-refractivity contribution in [2.45, 2.75) is 118 Å². The van der Waals surface area contributed by atoms with Gasteiger partial charge in [-0.2, -0.15) is 0 Å². The zero-order valence-electron chi connectivity index (χ0n) is 26.9. The van der Waals surface area contributed by atoms with E-state index in [9.17, 15) is 0 Å². The third kappa shape index (κ3) is 14.3. The minimum absolute atomic E-state index is 0.847. The summed E-state index contributed by atoms with van der Waals surface area (Å²) < 4.78 is 0. The molecule has 1 aromatic carbocycles. The molecule has 0 radical (unpaired) electrons. The van der Waals surface area contributed by atoms with Crippen molar-refractivity contribution < 1.29 is 0 Å². The molecule has 0 bridgehead atoms. The lowest BCUT2D eigenvalue weighted by Crippen LogP contribution is -2.20. The van der Waals surface area contributed by atoms with Gasteiger partial charge in [0.2, 0.25) is 0 Å². The van der Waals surface area contributed by atoms with Gasteiger partial charge in [-0.05, 0) is 140 Å². The van der Waals surface area contributed by atoms with Crippen molar-refractivity contribution in [3.63, 3.8) is 0 Å². The molecule has 0 aromatic heterocycles. The summed E-state index contributed by atoms with van der Waals surface area (Å²) in [6.07, 6.45) is 21.6. The van der Waals surface area contributed by atoms with Gasteiger partial charge >= 0.3 is 0 Å². The number of unbranched alkanes of at least 4 members (excludes halogenated alkanes) is 3. The second kappa shape index (κ2) is 20.9. The Balaban J connectivity index is 0.000000301. The molecule has 1 heterocycles. The number of allylic oxidation sites excluding steroid dienone is 6. The molecule has 1 saturated heterocycles. The molecule has 1 aromatic rings. The molecule has 0 spiro atoms.